The number of hydrazone groups is 1. The highest BCUT2D eigenvalue weighted by molar-refractivity contribution is 5.95. The van der Waals surface area contributed by atoms with Gasteiger partial charge in [-0.3, -0.25) is 4.79 Å². The summed E-state index contributed by atoms with van der Waals surface area (Å²) >= 11 is 0. The van der Waals surface area contributed by atoms with Gasteiger partial charge in [0.15, 0.2) is 0 Å². The molecule has 0 aliphatic rings. The third-order valence-corrected chi connectivity index (χ3v) is 3.35. The molecule has 2 aromatic rings. The minimum Gasteiger partial charge on any atom is -0.496 e. The van der Waals surface area contributed by atoms with Gasteiger partial charge in [0.25, 0.3) is 5.91 Å². The van der Waals surface area contributed by atoms with Gasteiger partial charge in [0.2, 0.25) is 0 Å². The van der Waals surface area contributed by atoms with E-state index in [0.717, 1.165) is 5.56 Å². The Labute approximate surface area is 130 Å². The van der Waals surface area contributed by atoms with Gasteiger partial charge in [0.1, 0.15) is 5.75 Å². The summed E-state index contributed by atoms with van der Waals surface area (Å²) in [7, 11) is 1.60. The average molecular weight is 296 g/mol. The predicted molar refractivity (Wildman–Crippen MR) is 88.6 cm³/mol. The van der Waals surface area contributed by atoms with Crippen molar-refractivity contribution < 1.29 is 9.53 Å². The quantitative estimate of drug-likeness (QED) is 0.677. The van der Waals surface area contributed by atoms with Crippen LogP contribution in [0.5, 0.6) is 5.75 Å². The molecule has 22 heavy (non-hydrogen) atoms. The van der Waals surface area contributed by atoms with Crippen LogP contribution in [0.2, 0.25) is 0 Å². The summed E-state index contributed by atoms with van der Waals surface area (Å²) in [6.45, 7) is 4.24. The summed E-state index contributed by atoms with van der Waals surface area (Å²) in [5.41, 5.74) is 5.12. The van der Waals surface area contributed by atoms with E-state index in [-0.39, 0.29) is 5.91 Å². The third kappa shape index (κ3) is 3.95. The van der Waals surface area contributed by atoms with Crippen LogP contribution < -0.4 is 10.2 Å². The SMILES string of the molecule is COc1ccccc1/C=N/NC(=O)c1ccc(C(C)C)cc1. The number of ether oxygens (including phenoxy) is 1. The molecule has 0 heterocycles. The predicted octanol–water partition coefficient (Wildman–Crippen LogP) is 3.58. The molecule has 1 amide bonds. The van der Waals surface area contributed by atoms with Gasteiger partial charge in [0.05, 0.1) is 13.3 Å². The summed E-state index contributed by atoms with van der Waals surface area (Å²) < 4.78 is 5.22. The highest BCUT2D eigenvalue weighted by Gasteiger charge is 2.05. The molecule has 0 radical (unpaired) electrons. The van der Waals surface area contributed by atoms with E-state index in [4.69, 9.17) is 4.74 Å². The summed E-state index contributed by atoms with van der Waals surface area (Å²) in [5.74, 6) is 0.920. The Balaban J connectivity index is 2.01. The maximum Gasteiger partial charge on any atom is 0.271 e. The first-order chi connectivity index (χ1) is 10.6. The highest BCUT2D eigenvalue weighted by atomic mass is 16.5. The Morgan fingerprint density at radius 1 is 1.14 bits per heavy atom. The number of rotatable bonds is 5. The Morgan fingerprint density at radius 2 is 1.82 bits per heavy atom. The molecule has 0 unspecified atom stereocenters. The van der Waals surface area contributed by atoms with Crippen molar-refractivity contribution in [2.45, 2.75) is 19.8 Å². The summed E-state index contributed by atoms with van der Waals surface area (Å²) in [5, 5.41) is 3.98. The molecule has 0 saturated carbocycles. The van der Waals surface area contributed by atoms with Gasteiger partial charge in [-0.15, -0.1) is 0 Å². The minimum absolute atomic E-state index is 0.235. The topological polar surface area (TPSA) is 50.7 Å². The second kappa shape index (κ2) is 7.41. The lowest BCUT2D eigenvalue weighted by Crippen LogP contribution is -2.17. The fourth-order valence-electron chi connectivity index (χ4n) is 2.02. The Morgan fingerprint density at radius 3 is 2.45 bits per heavy atom. The first-order valence-corrected chi connectivity index (χ1v) is 7.18. The Kier molecular flexibility index (Phi) is 5.31. The van der Waals surface area contributed by atoms with Crippen LogP contribution in [0.25, 0.3) is 0 Å². The van der Waals surface area contributed by atoms with Crippen molar-refractivity contribution in [2.24, 2.45) is 5.10 Å². The smallest absolute Gasteiger partial charge is 0.271 e. The van der Waals surface area contributed by atoms with Crippen LogP contribution in [0, 0.1) is 0 Å². The zero-order chi connectivity index (χ0) is 15.9. The van der Waals surface area contributed by atoms with Crippen molar-refractivity contribution in [3.63, 3.8) is 0 Å². The van der Waals surface area contributed by atoms with Crippen molar-refractivity contribution in [3.05, 3.63) is 65.2 Å². The fourth-order valence-corrected chi connectivity index (χ4v) is 2.02. The Hall–Kier alpha value is -2.62. The zero-order valence-corrected chi connectivity index (χ0v) is 13.0. The number of carbonyl (C=O) groups is 1. The molecule has 4 nitrogen and oxygen atoms in total. The standard InChI is InChI=1S/C18H20N2O2/c1-13(2)14-8-10-15(11-9-14)18(21)20-19-12-16-6-4-5-7-17(16)22-3/h4-13H,1-3H3,(H,20,21)/b19-12+. The monoisotopic (exact) mass is 296 g/mol. The average Bonchev–Trinajstić information content (AvgIpc) is 2.55. The second-order valence-corrected chi connectivity index (χ2v) is 5.22. The molecule has 0 bridgehead atoms. The van der Waals surface area contributed by atoms with Crippen molar-refractivity contribution in [3.8, 4) is 5.75 Å². The summed E-state index contributed by atoms with van der Waals surface area (Å²) in [6, 6.07) is 15.0. The fraction of sp³-hybridized carbons (Fsp3) is 0.222. The Bertz CT molecular complexity index is 661. The van der Waals surface area contributed by atoms with Crippen molar-refractivity contribution in [1.82, 2.24) is 5.43 Å². The number of methoxy groups -OCH3 is 1. The number of nitrogens with one attached hydrogen (secondary N) is 1. The molecule has 0 aromatic heterocycles. The van der Waals surface area contributed by atoms with Gasteiger partial charge in [0, 0.05) is 11.1 Å². The maximum absolute atomic E-state index is 12.0. The number of amides is 1. The molecule has 0 atom stereocenters. The molecule has 114 valence electrons. The van der Waals surface area contributed by atoms with Gasteiger partial charge < -0.3 is 4.74 Å². The van der Waals surface area contributed by atoms with Crippen LogP contribution >= 0.6 is 0 Å². The van der Waals surface area contributed by atoms with E-state index in [1.807, 2.05) is 48.5 Å². The molecule has 0 spiro atoms. The van der Waals surface area contributed by atoms with Crippen molar-refractivity contribution in [2.75, 3.05) is 7.11 Å². The van der Waals surface area contributed by atoms with E-state index in [9.17, 15) is 4.79 Å². The first kappa shape index (κ1) is 15.8. The van der Waals surface area contributed by atoms with Crippen LogP contribution in [-0.2, 0) is 0 Å². The van der Waals surface area contributed by atoms with E-state index in [1.165, 1.54) is 5.56 Å². The lowest BCUT2D eigenvalue weighted by Gasteiger charge is -2.06. The highest BCUT2D eigenvalue weighted by Crippen LogP contribution is 2.15. The van der Waals surface area contributed by atoms with Crippen LogP contribution in [0.15, 0.2) is 53.6 Å². The maximum atomic E-state index is 12.0. The number of hydrogen-bond donors (Lipinski definition) is 1. The van der Waals surface area contributed by atoms with Gasteiger partial charge >= 0.3 is 0 Å². The summed E-state index contributed by atoms with van der Waals surface area (Å²) in [4.78, 5) is 12.0. The largest absolute Gasteiger partial charge is 0.496 e. The van der Waals surface area contributed by atoms with Crippen LogP contribution in [0.4, 0.5) is 0 Å². The number of nitrogens with zero attached hydrogens (tertiary/aromatic N) is 1. The molecule has 1 N–H and O–H groups in total. The van der Waals surface area contributed by atoms with E-state index < -0.39 is 0 Å². The van der Waals surface area contributed by atoms with Gasteiger partial charge in [-0.1, -0.05) is 38.1 Å². The number of benzene rings is 2. The van der Waals surface area contributed by atoms with E-state index in [0.29, 0.717) is 17.2 Å². The number of para-hydroxylation sites is 1. The van der Waals surface area contributed by atoms with E-state index in [2.05, 4.69) is 24.4 Å². The normalized spacial score (nSPS) is 10.9. The minimum atomic E-state index is -0.235. The van der Waals surface area contributed by atoms with Gasteiger partial charge in [-0.25, -0.2) is 5.43 Å². The van der Waals surface area contributed by atoms with Crippen molar-refractivity contribution >= 4 is 12.1 Å². The first-order valence-electron chi connectivity index (χ1n) is 7.18. The molecule has 2 rings (SSSR count). The zero-order valence-electron chi connectivity index (χ0n) is 13.0. The molecule has 4 heteroatoms. The number of hydrogen-bond acceptors (Lipinski definition) is 3. The molecule has 0 fully saturated rings. The van der Waals surface area contributed by atoms with Crippen LogP contribution in [-0.4, -0.2) is 19.2 Å². The molecular formula is C18H20N2O2. The van der Waals surface area contributed by atoms with Crippen LogP contribution in [0.3, 0.4) is 0 Å². The number of carbonyl (C=O) groups excluding carboxylic acids is 1. The van der Waals surface area contributed by atoms with E-state index >= 15 is 0 Å². The lowest BCUT2D eigenvalue weighted by molar-refractivity contribution is 0.0955. The van der Waals surface area contributed by atoms with Gasteiger partial charge in [-0.05, 0) is 35.7 Å². The molecule has 0 aliphatic carbocycles. The third-order valence-electron chi connectivity index (χ3n) is 3.35. The second-order valence-electron chi connectivity index (χ2n) is 5.22. The lowest BCUT2D eigenvalue weighted by atomic mass is 10.0. The molecule has 0 saturated heterocycles. The molecule has 2 aromatic carbocycles. The summed E-state index contributed by atoms with van der Waals surface area (Å²) in [6.07, 6.45) is 1.57. The molecule has 0 aliphatic heterocycles. The van der Waals surface area contributed by atoms with Crippen LogP contribution in [0.1, 0.15) is 41.3 Å². The van der Waals surface area contributed by atoms with Gasteiger partial charge in [-0.2, -0.15) is 5.10 Å². The van der Waals surface area contributed by atoms with Crippen molar-refractivity contribution in [1.29, 1.82) is 0 Å². The van der Waals surface area contributed by atoms with E-state index in [1.54, 1.807) is 13.3 Å². The molecular weight excluding hydrogens is 276 g/mol.